The van der Waals surface area contributed by atoms with Gasteiger partial charge in [0.1, 0.15) is 5.69 Å². The minimum Gasteiger partial charge on any atom is -0.436 e. The Balaban J connectivity index is 2.71. The number of ether oxygens (including phenoxy) is 1. The number of aromatic nitrogens is 2. The van der Waals surface area contributed by atoms with Crippen LogP contribution in [0.1, 0.15) is 10.5 Å². The molecule has 0 aliphatic carbocycles. The van der Waals surface area contributed by atoms with Crippen LogP contribution in [0.4, 0.5) is 13.2 Å². The molecule has 100 valence electrons. The van der Waals surface area contributed by atoms with Crippen LogP contribution < -0.4 is 4.74 Å². The van der Waals surface area contributed by atoms with Gasteiger partial charge in [0.25, 0.3) is 12.3 Å². The highest BCUT2D eigenvalue weighted by molar-refractivity contribution is 5.91. The number of nitrogens with zero attached hydrogens (tertiary/aromatic N) is 3. The third-order valence-electron chi connectivity index (χ3n) is 1.84. The normalized spacial score (nSPS) is 12.3. The van der Waals surface area contributed by atoms with E-state index in [1.165, 1.54) is 14.2 Å². The van der Waals surface area contributed by atoms with E-state index in [1.54, 1.807) is 0 Å². The van der Waals surface area contributed by atoms with Gasteiger partial charge in [-0.2, -0.15) is 4.39 Å². The zero-order valence-corrected chi connectivity index (χ0v) is 9.51. The maximum absolute atomic E-state index is 12.5. The molecule has 6 nitrogen and oxygen atoms in total. The monoisotopic (exact) mass is 265 g/mol. The van der Waals surface area contributed by atoms with Crippen molar-refractivity contribution in [2.45, 2.75) is 12.8 Å². The molecule has 0 saturated heterocycles. The fraction of sp³-hybridized carbons (Fsp3) is 0.444. The van der Waals surface area contributed by atoms with Gasteiger partial charge in [0, 0.05) is 7.05 Å². The summed E-state index contributed by atoms with van der Waals surface area (Å²) in [7, 11) is 2.63. The van der Waals surface area contributed by atoms with Crippen molar-refractivity contribution in [3.05, 3.63) is 18.1 Å². The van der Waals surface area contributed by atoms with Gasteiger partial charge in [0.05, 0.1) is 19.5 Å². The van der Waals surface area contributed by atoms with Gasteiger partial charge >= 0.3 is 6.43 Å². The van der Waals surface area contributed by atoms with Crippen LogP contribution in [0.5, 0.6) is 5.88 Å². The molecule has 1 amide bonds. The molecule has 0 aliphatic heterocycles. The van der Waals surface area contributed by atoms with E-state index >= 15 is 0 Å². The van der Waals surface area contributed by atoms with Crippen molar-refractivity contribution in [3.8, 4) is 5.88 Å². The minimum atomic E-state index is -3.28. The van der Waals surface area contributed by atoms with Crippen LogP contribution in [-0.4, -0.2) is 47.9 Å². The molecule has 1 aromatic heterocycles. The lowest BCUT2D eigenvalue weighted by atomic mass is 10.4. The Morgan fingerprint density at radius 1 is 1.33 bits per heavy atom. The number of rotatable bonds is 5. The average molecular weight is 265 g/mol. The number of amides is 1. The maximum atomic E-state index is 12.5. The van der Waals surface area contributed by atoms with Gasteiger partial charge < -0.3 is 4.74 Å². The molecule has 0 N–H and O–H groups in total. The van der Waals surface area contributed by atoms with Gasteiger partial charge in [-0.3, -0.25) is 9.63 Å². The largest absolute Gasteiger partial charge is 0.436 e. The van der Waals surface area contributed by atoms with Crippen molar-refractivity contribution in [3.63, 3.8) is 0 Å². The second kappa shape index (κ2) is 6.15. The third kappa shape index (κ3) is 3.55. The fourth-order valence-electron chi connectivity index (χ4n) is 0.899. The topological polar surface area (TPSA) is 64.5 Å². The predicted molar refractivity (Wildman–Crippen MR) is 52.7 cm³/mol. The van der Waals surface area contributed by atoms with Gasteiger partial charge in [-0.1, -0.05) is 0 Å². The molecule has 0 saturated carbocycles. The Bertz CT molecular complexity index is 402. The SMILES string of the molecule is CON(C)C(=O)c1cnc(OC(F)C(F)F)cn1. The summed E-state index contributed by atoms with van der Waals surface area (Å²) >= 11 is 0. The quantitative estimate of drug-likeness (QED) is 0.744. The van der Waals surface area contributed by atoms with Crippen molar-refractivity contribution >= 4 is 5.91 Å². The second-order valence-electron chi connectivity index (χ2n) is 3.03. The summed E-state index contributed by atoms with van der Waals surface area (Å²) in [5.74, 6) is -1.04. The Labute approximate surface area is 100 Å². The first-order chi connectivity index (χ1) is 8.45. The number of halogens is 3. The molecule has 1 heterocycles. The van der Waals surface area contributed by atoms with Gasteiger partial charge in [0.2, 0.25) is 5.88 Å². The molecule has 0 radical (unpaired) electrons. The number of hydrogen-bond donors (Lipinski definition) is 0. The summed E-state index contributed by atoms with van der Waals surface area (Å²) in [6.07, 6.45) is -4.24. The van der Waals surface area contributed by atoms with Crippen molar-refractivity contribution in [1.29, 1.82) is 0 Å². The number of hydroxylamine groups is 2. The van der Waals surface area contributed by atoms with Gasteiger partial charge in [-0.05, 0) is 0 Å². The minimum absolute atomic E-state index is 0.0980. The Morgan fingerprint density at radius 3 is 2.44 bits per heavy atom. The van der Waals surface area contributed by atoms with Crippen LogP contribution in [-0.2, 0) is 4.84 Å². The van der Waals surface area contributed by atoms with Crippen LogP contribution in [0.3, 0.4) is 0 Å². The van der Waals surface area contributed by atoms with E-state index in [9.17, 15) is 18.0 Å². The fourth-order valence-corrected chi connectivity index (χ4v) is 0.899. The summed E-state index contributed by atoms with van der Waals surface area (Å²) in [6, 6.07) is 0. The van der Waals surface area contributed by atoms with E-state index < -0.39 is 24.6 Å². The van der Waals surface area contributed by atoms with Crippen molar-refractivity contribution < 1.29 is 27.5 Å². The highest BCUT2D eigenvalue weighted by Gasteiger charge is 2.22. The van der Waals surface area contributed by atoms with Crippen LogP contribution in [0.15, 0.2) is 12.4 Å². The molecule has 1 rings (SSSR count). The highest BCUT2D eigenvalue weighted by Crippen LogP contribution is 2.13. The molecule has 1 aromatic rings. The number of alkyl halides is 3. The second-order valence-corrected chi connectivity index (χ2v) is 3.03. The number of carbonyl (C=O) groups is 1. The van der Waals surface area contributed by atoms with Gasteiger partial charge in [0.15, 0.2) is 0 Å². The van der Waals surface area contributed by atoms with E-state index in [4.69, 9.17) is 0 Å². The lowest BCUT2D eigenvalue weighted by Gasteiger charge is -2.13. The first-order valence-electron chi connectivity index (χ1n) is 4.68. The van der Waals surface area contributed by atoms with Gasteiger partial charge in [-0.15, -0.1) is 0 Å². The number of hydrogen-bond acceptors (Lipinski definition) is 5. The molecule has 0 aromatic carbocycles. The Kier molecular flexibility index (Phi) is 4.84. The smallest absolute Gasteiger partial charge is 0.304 e. The van der Waals surface area contributed by atoms with Crippen LogP contribution in [0.25, 0.3) is 0 Å². The molecule has 0 aliphatic rings. The average Bonchev–Trinajstić information content (AvgIpc) is 2.37. The molecule has 18 heavy (non-hydrogen) atoms. The van der Waals surface area contributed by atoms with Gasteiger partial charge in [-0.25, -0.2) is 23.8 Å². The summed E-state index contributed by atoms with van der Waals surface area (Å²) in [5.41, 5.74) is -0.0980. The zero-order valence-electron chi connectivity index (χ0n) is 9.51. The van der Waals surface area contributed by atoms with Crippen LogP contribution in [0, 0.1) is 0 Å². The molecular weight excluding hydrogens is 255 g/mol. The standard InChI is InChI=1S/C9H10F3N3O3/c1-15(17-2)9(16)5-3-14-6(4-13-5)18-8(12)7(10)11/h3-4,7-8H,1-2H3. The molecule has 0 fully saturated rings. The lowest BCUT2D eigenvalue weighted by Crippen LogP contribution is -2.26. The Hall–Kier alpha value is -1.90. The van der Waals surface area contributed by atoms with E-state index in [-0.39, 0.29) is 5.69 Å². The molecule has 9 heteroatoms. The number of carbonyl (C=O) groups excluding carboxylic acids is 1. The first-order valence-corrected chi connectivity index (χ1v) is 4.68. The first kappa shape index (κ1) is 14.2. The zero-order chi connectivity index (χ0) is 13.7. The lowest BCUT2D eigenvalue weighted by molar-refractivity contribution is -0.0762. The van der Waals surface area contributed by atoms with Crippen molar-refractivity contribution in [1.82, 2.24) is 15.0 Å². The summed E-state index contributed by atoms with van der Waals surface area (Å²) in [5, 5.41) is 0.891. The van der Waals surface area contributed by atoms with E-state index in [0.29, 0.717) is 0 Å². The van der Waals surface area contributed by atoms with Crippen molar-refractivity contribution in [2.24, 2.45) is 0 Å². The molecule has 1 unspecified atom stereocenters. The van der Waals surface area contributed by atoms with E-state index in [1.807, 2.05) is 0 Å². The summed E-state index contributed by atoms with van der Waals surface area (Å²) in [6.45, 7) is 0. The third-order valence-corrected chi connectivity index (χ3v) is 1.84. The predicted octanol–water partition coefficient (Wildman–Crippen LogP) is 1.05. The highest BCUT2D eigenvalue weighted by atomic mass is 19.3. The summed E-state index contributed by atoms with van der Waals surface area (Å²) < 4.78 is 40.4. The van der Waals surface area contributed by atoms with E-state index in [0.717, 1.165) is 17.5 Å². The Morgan fingerprint density at radius 2 is 2.00 bits per heavy atom. The van der Waals surface area contributed by atoms with Crippen LogP contribution >= 0.6 is 0 Å². The van der Waals surface area contributed by atoms with Crippen LogP contribution in [0.2, 0.25) is 0 Å². The van der Waals surface area contributed by atoms with E-state index in [2.05, 4.69) is 19.5 Å². The summed E-state index contributed by atoms with van der Waals surface area (Å²) in [4.78, 5) is 23.2. The molecular formula is C9H10F3N3O3. The molecule has 0 spiro atoms. The maximum Gasteiger partial charge on any atom is 0.304 e. The van der Waals surface area contributed by atoms with Crippen molar-refractivity contribution in [2.75, 3.05) is 14.2 Å². The molecule has 0 bridgehead atoms. The molecule has 1 atom stereocenters.